The molecule has 1 atom stereocenters. The summed E-state index contributed by atoms with van der Waals surface area (Å²) in [5, 5.41) is 17.9. The number of ketones is 1. The Hall–Kier alpha value is -1.46. The molecule has 0 aliphatic rings. The molecule has 0 radical (unpaired) electrons. The molecular formula is C13H13BrO4. The van der Waals surface area contributed by atoms with Crippen molar-refractivity contribution in [2.45, 2.75) is 18.4 Å². The lowest BCUT2D eigenvalue weighted by molar-refractivity contribution is -0.131. The molecule has 18 heavy (non-hydrogen) atoms. The zero-order chi connectivity index (χ0) is 13.7. The van der Waals surface area contributed by atoms with Crippen molar-refractivity contribution in [1.82, 2.24) is 0 Å². The van der Waals surface area contributed by atoms with Crippen molar-refractivity contribution < 1.29 is 19.8 Å². The van der Waals surface area contributed by atoms with Crippen LogP contribution < -0.4 is 0 Å². The second-order valence-corrected chi connectivity index (χ2v) is 5.06. The summed E-state index contributed by atoms with van der Waals surface area (Å²) >= 11 is 3.18. The fraction of sp³-hybridized carbons (Fsp3) is 0.231. The number of hydrogen-bond acceptors (Lipinski definition) is 3. The van der Waals surface area contributed by atoms with Gasteiger partial charge in [-0.25, -0.2) is 4.79 Å². The highest BCUT2D eigenvalue weighted by molar-refractivity contribution is 9.10. The molecule has 0 fully saturated rings. The molecule has 5 heteroatoms. The second-order valence-electron chi connectivity index (χ2n) is 3.69. The monoisotopic (exact) mass is 312 g/mol. The van der Waals surface area contributed by atoms with Gasteiger partial charge in [0.05, 0.1) is 11.4 Å². The van der Waals surface area contributed by atoms with Gasteiger partial charge in [-0.15, -0.1) is 0 Å². The van der Waals surface area contributed by atoms with Crippen LogP contribution >= 0.6 is 15.9 Å². The molecule has 96 valence electrons. The number of alkyl halides is 1. The van der Waals surface area contributed by atoms with Gasteiger partial charge in [0.2, 0.25) is 0 Å². The molecule has 0 saturated carbocycles. The Balaban J connectivity index is 3.33. The molecule has 0 aliphatic heterocycles. The quantitative estimate of drug-likeness (QED) is 0.497. The summed E-state index contributed by atoms with van der Waals surface area (Å²) in [7, 11) is 0. The van der Waals surface area contributed by atoms with Crippen molar-refractivity contribution in [3.05, 3.63) is 41.0 Å². The van der Waals surface area contributed by atoms with E-state index in [9.17, 15) is 14.7 Å². The molecule has 1 unspecified atom stereocenters. The van der Waals surface area contributed by atoms with Gasteiger partial charge in [0.15, 0.2) is 5.78 Å². The van der Waals surface area contributed by atoms with E-state index < -0.39 is 5.97 Å². The topological polar surface area (TPSA) is 74.6 Å². The smallest absolute Gasteiger partial charge is 0.328 e. The standard InChI is InChI=1S/C13H13BrO4/c1-8(14)13(18)11-4-2-3-9(7-15)10(11)5-6-12(16)17/h2-6,8,15H,7H2,1H3,(H,16,17). The van der Waals surface area contributed by atoms with Crippen molar-refractivity contribution in [3.63, 3.8) is 0 Å². The van der Waals surface area contributed by atoms with Crippen LogP contribution in [-0.4, -0.2) is 26.8 Å². The van der Waals surface area contributed by atoms with Gasteiger partial charge < -0.3 is 10.2 Å². The van der Waals surface area contributed by atoms with Crippen LogP contribution in [0, 0.1) is 0 Å². The summed E-state index contributed by atoms with van der Waals surface area (Å²) in [6.45, 7) is 1.44. The largest absolute Gasteiger partial charge is 0.478 e. The maximum Gasteiger partial charge on any atom is 0.328 e. The van der Waals surface area contributed by atoms with E-state index >= 15 is 0 Å². The number of rotatable bonds is 5. The predicted molar refractivity (Wildman–Crippen MR) is 71.8 cm³/mol. The predicted octanol–water partition coefficient (Wildman–Crippen LogP) is 2.24. The van der Waals surface area contributed by atoms with E-state index in [-0.39, 0.29) is 17.2 Å². The summed E-state index contributed by atoms with van der Waals surface area (Å²) in [6.07, 6.45) is 2.28. The summed E-state index contributed by atoms with van der Waals surface area (Å²) < 4.78 is 0. The fourth-order valence-corrected chi connectivity index (χ4v) is 1.78. The van der Waals surface area contributed by atoms with Gasteiger partial charge in [0.1, 0.15) is 0 Å². The number of carbonyl (C=O) groups is 2. The number of aliphatic carboxylic acids is 1. The van der Waals surface area contributed by atoms with Crippen LogP contribution in [0.15, 0.2) is 24.3 Å². The number of aliphatic hydroxyl groups excluding tert-OH is 1. The van der Waals surface area contributed by atoms with Gasteiger partial charge in [0.25, 0.3) is 0 Å². The molecule has 0 heterocycles. The van der Waals surface area contributed by atoms with Crippen molar-refractivity contribution in [2.24, 2.45) is 0 Å². The molecule has 1 rings (SSSR count). The Bertz CT molecular complexity index is 492. The van der Waals surface area contributed by atoms with Crippen LogP contribution in [0.4, 0.5) is 0 Å². The highest BCUT2D eigenvalue weighted by Gasteiger charge is 2.16. The third kappa shape index (κ3) is 3.51. The average Bonchev–Trinajstić information content (AvgIpc) is 2.34. The molecule has 0 spiro atoms. The Labute approximate surface area is 113 Å². The molecule has 0 saturated heterocycles. The molecule has 1 aromatic rings. The summed E-state index contributed by atoms with van der Waals surface area (Å²) in [5.41, 5.74) is 1.36. The molecular weight excluding hydrogens is 300 g/mol. The highest BCUT2D eigenvalue weighted by atomic mass is 79.9. The van der Waals surface area contributed by atoms with Crippen LogP contribution in [0.5, 0.6) is 0 Å². The first-order chi connectivity index (χ1) is 8.47. The van der Waals surface area contributed by atoms with Crippen LogP contribution in [0.2, 0.25) is 0 Å². The highest BCUT2D eigenvalue weighted by Crippen LogP contribution is 2.20. The van der Waals surface area contributed by atoms with E-state index in [0.29, 0.717) is 16.7 Å². The van der Waals surface area contributed by atoms with Gasteiger partial charge in [-0.1, -0.05) is 34.1 Å². The SMILES string of the molecule is CC(Br)C(=O)c1cccc(CO)c1C=CC(=O)O. The van der Waals surface area contributed by atoms with E-state index in [1.807, 2.05) is 0 Å². The number of carboxylic acid groups (broad SMARTS) is 1. The zero-order valence-corrected chi connectivity index (χ0v) is 11.3. The van der Waals surface area contributed by atoms with E-state index in [1.165, 1.54) is 6.08 Å². The zero-order valence-electron chi connectivity index (χ0n) is 9.76. The van der Waals surface area contributed by atoms with Crippen molar-refractivity contribution in [2.75, 3.05) is 0 Å². The van der Waals surface area contributed by atoms with Gasteiger partial charge in [0, 0.05) is 11.6 Å². The minimum absolute atomic E-state index is 0.157. The van der Waals surface area contributed by atoms with Crippen molar-refractivity contribution in [1.29, 1.82) is 0 Å². The molecule has 0 amide bonds. The van der Waals surface area contributed by atoms with Gasteiger partial charge in [-0.2, -0.15) is 0 Å². The van der Waals surface area contributed by atoms with Crippen molar-refractivity contribution in [3.8, 4) is 0 Å². The number of benzene rings is 1. The summed E-state index contributed by atoms with van der Waals surface area (Å²) in [6, 6.07) is 4.92. The lowest BCUT2D eigenvalue weighted by Gasteiger charge is -2.10. The maximum atomic E-state index is 12.0. The molecule has 0 bridgehead atoms. The Morgan fingerprint density at radius 3 is 2.61 bits per heavy atom. The van der Waals surface area contributed by atoms with E-state index in [0.717, 1.165) is 6.08 Å². The second kappa shape index (κ2) is 6.47. The first kappa shape index (κ1) is 14.6. The first-order valence-electron chi connectivity index (χ1n) is 5.29. The maximum absolute atomic E-state index is 12.0. The minimum atomic E-state index is -1.10. The van der Waals surface area contributed by atoms with Crippen LogP contribution in [0.25, 0.3) is 6.08 Å². The molecule has 4 nitrogen and oxygen atoms in total. The minimum Gasteiger partial charge on any atom is -0.478 e. The number of hydrogen-bond donors (Lipinski definition) is 2. The lowest BCUT2D eigenvalue weighted by Crippen LogP contribution is -2.12. The van der Waals surface area contributed by atoms with Crippen LogP contribution in [-0.2, 0) is 11.4 Å². The number of halogens is 1. The lowest BCUT2D eigenvalue weighted by atomic mass is 9.97. The fourth-order valence-electron chi connectivity index (χ4n) is 1.53. The van der Waals surface area contributed by atoms with Crippen molar-refractivity contribution >= 4 is 33.8 Å². The van der Waals surface area contributed by atoms with Crippen LogP contribution in [0.3, 0.4) is 0 Å². The first-order valence-corrected chi connectivity index (χ1v) is 6.21. The number of carboxylic acids is 1. The van der Waals surface area contributed by atoms with E-state index in [2.05, 4.69) is 15.9 Å². The molecule has 2 N–H and O–H groups in total. The molecule has 0 aliphatic carbocycles. The summed E-state index contributed by atoms with van der Waals surface area (Å²) in [5.74, 6) is -1.26. The van der Waals surface area contributed by atoms with Gasteiger partial charge >= 0.3 is 5.97 Å². The summed E-state index contributed by atoms with van der Waals surface area (Å²) in [4.78, 5) is 22.1. The molecule has 1 aromatic carbocycles. The Morgan fingerprint density at radius 2 is 2.11 bits per heavy atom. The number of aliphatic hydroxyl groups is 1. The third-order valence-electron chi connectivity index (χ3n) is 2.39. The third-order valence-corrected chi connectivity index (χ3v) is 2.80. The number of Topliss-reactive ketones (excluding diaryl/α,β-unsaturated/α-hetero) is 1. The number of carbonyl (C=O) groups excluding carboxylic acids is 1. The molecule has 0 aromatic heterocycles. The van der Waals surface area contributed by atoms with Crippen LogP contribution in [0.1, 0.15) is 28.4 Å². The van der Waals surface area contributed by atoms with Gasteiger partial charge in [-0.05, 0) is 24.1 Å². The normalized spacial score (nSPS) is 12.6. The Morgan fingerprint density at radius 1 is 1.44 bits per heavy atom. The average molecular weight is 313 g/mol. The Kier molecular flexibility index (Phi) is 5.25. The van der Waals surface area contributed by atoms with E-state index in [1.54, 1.807) is 25.1 Å². The van der Waals surface area contributed by atoms with E-state index in [4.69, 9.17) is 5.11 Å². The van der Waals surface area contributed by atoms with Gasteiger partial charge in [-0.3, -0.25) is 4.79 Å².